The van der Waals surface area contributed by atoms with Gasteiger partial charge in [-0.05, 0) is 11.4 Å². The Labute approximate surface area is 55.9 Å². The molecule has 0 spiro atoms. The van der Waals surface area contributed by atoms with Gasteiger partial charge in [-0.1, -0.05) is 0 Å². The molecule has 0 saturated heterocycles. The van der Waals surface area contributed by atoms with Gasteiger partial charge in [0.15, 0.2) is 0 Å². The van der Waals surface area contributed by atoms with E-state index in [-0.39, 0.29) is 11.7 Å². The van der Waals surface area contributed by atoms with Crippen LogP contribution in [0.15, 0.2) is 11.4 Å². The molecule has 0 amide bonds. The third kappa shape index (κ3) is 1.01. The molecule has 0 aliphatic heterocycles. The minimum Gasteiger partial charge on any atom is -0.206 e. The van der Waals surface area contributed by atoms with Crippen LogP contribution in [-0.4, -0.2) is 0 Å². The molecule has 0 fully saturated rings. The number of thiophene rings is 1. The molecule has 0 atom stereocenters. The molecule has 0 nitrogen and oxygen atoms in total. The maximum atomic E-state index is 12.3. The minimum absolute atomic E-state index is 0.190. The SMILES string of the molecule is Fc1ccsc1CCl. The van der Waals surface area contributed by atoms with Gasteiger partial charge in [-0.2, -0.15) is 0 Å². The molecule has 0 aliphatic rings. The van der Waals surface area contributed by atoms with Crippen molar-refractivity contribution in [3.05, 3.63) is 22.1 Å². The van der Waals surface area contributed by atoms with Crippen LogP contribution in [0.4, 0.5) is 4.39 Å². The largest absolute Gasteiger partial charge is 0.206 e. The van der Waals surface area contributed by atoms with Gasteiger partial charge in [0, 0.05) is 0 Å². The quantitative estimate of drug-likeness (QED) is 0.540. The van der Waals surface area contributed by atoms with Crippen molar-refractivity contribution < 1.29 is 4.39 Å². The first-order chi connectivity index (χ1) is 3.84. The lowest BCUT2D eigenvalue weighted by Crippen LogP contribution is -1.71. The summed E-state index contributed by atoms with van der Waals surface area (Å²) < 4.78 is 12.3. The van der Waals surface area contributed by atoms with Crippen molar-refractivity contribution in [3.63, 3.8) is 0 Å². The third-order valence-electron chi connectivity index (χ3n) is 0.812. The first kappa shape index (κ1) is 6.05. The lowest BCUT2D eigenvalue weighted by molar-refractivity contribution is 0.624. The number of rotatable bonds is 1. The van der Waals surface area contributed by atoms with E-state index in [4.69, 9.17) is 11.6 Å². The van der Waals surface area contributed by atoms with Crippen LogP contribution in [0.3, 0.4) is 0 Å². The van der Waals surface area contributed by atoms with Crippen LogP contribution in [0.2, 0.25) is 0 Å². The Balaban J connectivity index is 2.92. The lowest BCUT2D eigenvalue weighted by Gasteiger charge is -1.82. The summed E-state index contributed by atoms with van der Waals surface area (Å²) in [4.78, 5) is 0.617. The summed E-state index contributed by atoms with van der Waals surface area (Å²) in [7, 11) is 0. The van der Waals surface area contributed by atoms with E-state index < -0.39 is 0 Å². The van der Waals surface area contributed by atoms with Crippen LogP contribution >= 0.6 is 22.9 Å². The summed E-state index contributed by atoms with van der Waals surface area (Å²) in [6, 6.07) is 1.42. The fraction of sp³-hybridized carbons (Fsp3) is 0.200. The van der Waals surface area contributed by atoms with E-state index in [1.165, 1.54) is 17.4 Å². The zero-order valence-corrected chi connectivity index (χ0v) is 5.60. The Morgan fingerprint density at radius 1 is 1.75 bits per heavy atom. The van der Waals surface area contributed by atoms with Crippen molar-refractivity contribution in [2.24, 2.45) is 0 Å². The molecule has 0 bridgehead atoms. The zero-order chi connectivity index (χ0) is 5.98. The van der Waals surface area contributed by atoms with Gasteiger partial charge in [-0.15, -0.1) is 22.9 Å². The highest BCUT2D eigenvalue weighted by Crippen LogP contribution is 2.16. The monoisotopic (exact) mass is 150 g/mol. The molecule has 1 rings (SSSR count). The first-order valence-electron chi connectivity index (χ1n) is 2.12. The Morgan fingerprint density at radius 2 is 2.50 bits per heavy atom. The molecule has 8 heavy (non-hydrogen) atoms. The van der Waals surface area contributed by atoms with Crippen molar-refractivity contribution in [1.82, 2.24) is 0 Å². The number of hydrogen-bond acceptors (Lipinski definition) is 1. The van der Waals surface area contributed by atoms with Gasteiger partial charge in [0.2, 0.25) is 0 Å². The molecular weight excluding hydrogens is 147 g/mol. The zero-order valence-electron chi connectivity index (χ0n) is 4.03. The van der Waals surface area contributed by atoms with E-state index in [1.54, 1.807) is 5.38 Å². The fourth-order valence-corrected chi connectivity index (χ4v) is 1.33. The van der Waals surface area contributed by atoms with Gasteiger partial charge < -0.3 is 0 Å². The van der Waals surface area contributed by atoms with Crippen molar-refractivity contribution in [3.8, 4) is 0 Å². The molecule has 0 saturated carbocycles. The van der Waals surface area contributed by atoms with E-state index in [0.717, 1.165) is 0 Å². The van der Waals surface area contributed by atoms with Gasteiger partial charge in [0.1, 0.15) is 5.82 Å². The third-order valence-corrected chi connectivity index (χ3v) is 2.13. The van der Waals surface area contributed by atoms with Crippen LogP contribution in [0.5, 0.6) is 0 Å². The standard InChI is InChI=1S/C5H4ClFS/c6-3-5-4(7)1-2-8-5/h1-2H,3H2. The van der Waals surface area contributed by atoms with Gasteiger partial charge in [0.05, 0.1) is 10.8 Å². The Morgan fingerprint density at radius 3 is 2.75 bits per heavy atom. The maximum Gasteiger partial charge on any atom is 0.138 e. The van der Waals surface area contributed by atoms with Gasteiger partial charge in [-0.3, -0.25) is 0 Å². The van der Waals surface area contributed by atoms with E-state index in [2.05, 4.69) is 0 Å². The smallest absolute Gasteiger partial charge is 0.138 e. The predicted molar refractivity (Wildman–Crippen MR) is 33.8 cm³/mol. The fourth-order valence-electron chi connectivity index (χ4n) is 0.420. The van der Waals surface area contributed by atoms with Crippen molar-refractivity contribution in [2.45, 2.75) is 5.88 Å². The topological polar surface area (TPSA) is 0 Å². The average Bonchev–Trinajstić information content (AvgIpc) is 2.14. The number of alkyl halides is 1. The van der Waals surface area contributed by atoms with E-state index in [1.807, 2.05) is 0 Å². The molecule has 1 aromatic rings. The summed E-state index contributed by atoms with van der Waals surface area (Å²) in [5, 5.41) is 1.69. The molecule has 1 aromatic heterocycles. The van der Waals surface area contributed by atoms with Gasteiger partial charge in [0.25, 0.3) is 0 Å². The summed E-state index contributed by atoms with van der Waals surface area (Å²) in [5.41, 5.74) is 0. The van der Waals surface area contributed by atoms with Crippen LogP contribution in [-0.2, 0) is 5.88 Å². The summed E-state index contributed by atoms with van der Waals surface area (Å²) >= 11 is 6.69. The first-order valence-corrected chi connectivity index (χ1v) is 3.54. The predicted octanol–water partition coefficient (Wildman–Crippen LogP) is 2.63. The molecular formula is C5H4ClFS. The highest BCUT2D eigenvalue weighted by atomic mass is 35.5. The number of halogens is 2. The van der Waals surface area contributed by atoms with Gasteiger partial charge >= 0.3 is 0 Å². The second-order valence-electron chi connectivity index (χ2n) is 1.33. The van der Waals surface area contributed by atoms with E-state index in [0.29, 0.717) is 4.88 Å². The van der Waals surface area contributed by atoms with E-state index in [9.17, 15) is 4.39 Å². The Bertz CT molecular complexity index is 173. The lowest BCUT2D eigenvalue weighted by atomic mass is 10.5. The van der Waals surface area contributed by atoms with Crippen LogP contribution in [0.1, 0.15) is 4.88 Å². The van der Waals surface area contributed by atoms with Crippen molar-refractivity contribution >= 4 is 22.9 Å². The second-order valence-corrected chi connectivity index (χ2v) is 2.59. The van der Waals surface area contributed by atoms with E-state index >= 15 is 0 Å². The number of hydrogen-bond donors (Lipinski definition) is 0. The highest BCUT2D eigenvalue weighted by Gasteiger charge is 1.98. The summed E-state index contributed by atoms with van der Waals surface area (Å²) in [5.74, 6) is 0.0914. The van der Waals surface area contributed by atoms with Crippen LogP contribution < -0.4 is 0 Å². The molecule has 0 aliphatic carbocycles. The molecule has 0 N–H and O–H groups in total. The highest BCUT2D eigenvalue weighted by molar-refractivity contribution is 7.10. The molecule has 1 heterocycles. The molecule has 0 unspecified atom stereocenters. The Kier molecular flexibility index (Phi) is 1.86. The average molecular weight is 151 g/mol. The minimum atomic E-state index is -0.190. The summed E-state index contributed by atoms with van der Waals surface area (Å²) in [6.45, 7) is 0. The molecule has 0 aromatic carbocycles. The van der Waals surface area contributed by atoms with Gasteiger partial charge in [-0.25, -0.2) is 4.39 Å². The van der Waals surface area contributed by atoms with Crippen LogP contribution in [0, 0.1) is 5.82 Å². The second kappa shape index (κ2) is 2.46. The molecule has 3 heteroatoms. The van der Waals surface area contributed by atoms with Crippen molar-refractivity contribution in [1.29, 1.82) is 0 Å². The normalized spacial score (nSPS) is 9.75. The van der Waals surface area contributed by atoms with Crippen molar-refractivity contribution in [2.75, 3.05) is 0 Å². The molecule has 0 radical (unpaired) electrons. The Hall–Kier alpha value is -0.0800. The molecule has 44 valence electrons. The summed E-state index contributed by atoms with van der Waals surface area (Å²) in [6.07, 6.45) is 0. The maximum absolute atomic E-state index is 12.3. The van der Waals surface area contributed by atoms with Crippen LogP contribution in [0.25, 0.3) is 0 Å².